The van der Waals surface area contributed by atoms with Crippen molar-refractivity contribution in [2.24, 2.45) is 0 Å². The van der Waals surface area contributed by atoms with Crippen molar-refractivity contribution in [3.05, 3.63) is 101 Å². The molecule has 29 heavy (non-hydrogen) atoms. The van der Waals surface area contributed by atoms with Crippen molar-refractivity contribution in [2.45, 2.75) is 19.8 Å². The maximum atomic E-state index is 5.82. The molecule has 0 saturated carbocycles. The Morgan fingerprint density at radius 3 is 2.14 bits per heavy atom. The second-order valence-corrected chi connectivity index (χ2v) is 7.42. The van der Waals surface area contributed by atoms with E-state index in [-0.39, 0.29) is 0 Å². The van der Waals surface area contributed by atoms with E-state index in [9.17, 15) is 0 Å². The first-order valence-electron chi connectivity index (χ1n) is 9.55. The highest BCUT2D eigenvalue weighted by atomic mass is 32.1. The highest BCUT2D eigenvalue weighted by Crippen LogP contribution is 2.19. The van der Waals surface area contributed by atoms with Gasteiger partial charge in [0.15, 0.2) is 10.6 Å². The number of hydrogen-bond donors (Lipinski definition) is 0. The minimum atomic E-state index is 0.619. The summed E-state index contributed by atoms with van der Waals surface area (Å²) < 4.78 is 4.70. The first kappa shape index (κ1) is 19.2. The van der Waals surface area contributed by atoms with Gasteiger partial charge in [0, 0.05) is 24.5 Å². The zero-order chi connectivity index (χ0) is 20.1. The molecule has 0 aliphatic heterocycles. The predicted octanol–water partition coefficient (Wildman–Crippen LogP) is 4.61. The van der Waals surface area contributed by atoms with Gasteiger partial charge in [-0.25, -0.2) is 4.68 Å². The summed E-state index contributed by atoms with van der Waals surface area (Å²) in [6, 6.07) is 24.7. The molecule has 146 valence electrons. The van der Waals surface area contributed by atoms with Gasteiger partial charge in [-0.15, -0.1) is 0 Å². The van der Waals surface area contributed by atoms with Crippen LogP contribution in [0.4, 0.5) is 0 Å². The highest BCUT2D eigenvalue weighted by molar-refractivity contribution is 7.71. The van der Waals surface area contributed by atoms with Crippen molar-refractivity contribution in [3.8, 4) is 11.4 Å². The van der Waals surface area contributed by atoms with E-state index < -0.39 is 0 Å². The van der Waals surface area contributed by atoms with Gasteiger partial charge in [-0.05, 0) is 42.5 Å². The Morgan fingerprint density at radius 1 is 0.862 bits per heavy atom. The van der Waals surface area contributed by atoms with E-state index in [1.165, 1.54) is 11.1 Å². The minimum absolute atomic E-state index is 0.619. The van der Waals surface area contributed by atoms with Gasteiger partial charge < -0.3 is 0 Å². The van der Waals surface area contributed by atoms with Crippen LogP contribution in [0.25, 0.3) is 11.4 Å². The van der Waals surface area contributed by atoms with Gasteiger partial charge in [0.25, 0.3) is 0 Å². The summed E-state index contributed by atoms with van der Waals surface area (Å²) in [6.07, 6.45) is 3.57. The molecular formula is C23H23N5S. The summed E-state index contributed by atoms with van der Waals surface area (Å²) in [4.78, 5) is 6.34. The van der Waals surface area contributed by atoms with Crippen LogP contribution in [0.3, 0.4) is 0 Å². The van der Waals surface area contributed by atoms with E-state index in [0.717, 1.165) is 17.9 Å². The third-order valence-electron chi connectivity index (χ3n) is 4.72. The van der Waals surface area contributed by atoms with Gasteiger partial charge >= 0.3 is 0 Å². The molecule has 0 saturated heterocycles. The summed E-state index contributed by atoms with van der Waals surface area (Å²) in [5, 5.41) is 4.86. The van der Waals surface area contributed by atoms with Crippen LogP contribution in [-0.2, 0) is 19.8 Å². The van der Waals surface area contributed by atoms with Crippen molar-refractivity contribution in [1.82, 2.24) is 24.2 Å². The Hall–Kier alpha value is -3.09. The molecule has 5 nitrogen and oxygen atoms in total. The van der Waals surface area contributed by atoms with E-state index in [2.05, 4.69) is 57.9 Å². The van der Waals surface area contributed by atoms with E-state index in [1.54, 1.807) is 12.4 Å². The molecule has 0 bridgehead atoms. The number of pyridine rings is 1. The Morgan fingerprint density at radius 2 is 1.48 bits per heavy atom. The smallest absolute Gasteiger partial charge is 0.199 e. The Balaban J connectivity index is 1.65. The molecule has 0 aliphatic rings. The van der Waals surface area contributed by atoms with E-state index >= 15 is 0 Å². The average Bonchev–Trinajstić information content (AvgIpc) is 3.05. The van der Waals surface area contributed by atoms with Crippen molar-refractivity contribution >= 4 is 12.2 Å². The summed E-state index contributed by atoms with van der Waals surface area (Å²) in [6.45, 7) is 2.13. The zero-order valence-corrected chi connectivity index (χ0v) is 17.2. The molecule has 0 fully saturated rings. The molecule has 0 atom stereocenters. The van der Waals surface area contributed by atoms with Crippen molar-refractivity contribution in [1.29, 1.82) is 0 Å². The maximum absolute atomic E-state index is 5.82. The number of hydrogen-bond acceptors (Lipinski definition) is 4. The molecule has 0 aliphatic carbocycles. The third kappa shape index (κ3) is 4.67. The van der Waals surface area contributed by atoms with E-state index in [1.807, 2.05) is 41.1 Å². The highest BCUT2D eigenvalue weighted by Gasteiger charge is 2.14. The van der Waals surface area contributed by atoms with Crippen LogP contribution in [0.15, 0.2) is 85.2 Å². The van der Waals surface area contributed by atoms with Gasteiger partial charge in [-0.1, -0.05) is 60.7 Å². The quantitative estimate of drug-likeness (QED) is 0.424. The standard InChI is InChI=1S/C23H23N5S/c1-26(16-19-8-4-2-5-9-19)18-28-23(29)27(17-20-10-6-3-7-11-20)22(25-28)21-12-14-24-15-13-21/h2-15H,16-18H2,1H3. The molecule has 0 unspecified atom stereocenters. The summed E-state index contributed by atoms with van der Waals surface area (Å²) in [5.74, 6) is 0.856. The molecule has 0 spiro atoms. The van der Waals surface area contributed by atoms with Gasteiger partial charge in [-0.2, -0.15) is 5.10 Å². The zero-order valence-electron chi connectivity index (χ0n) is 16.3. The fraction of sp³-hybridized carbons (Fsp3) is 0.174. The molecule has 2 aromatic carbocycles. The molecule has 0 N–H and O–H groups in total. The molecule has 2 heterocycles. The number of benzene rings is 2. The lowest BCUT2D eigenvalue weighted by atomic mass is 10.2. The predicted molar refractivity (Wildman–Crippen MR) is 118 cm³/mol. The van der Waals surface area contributed by atoms with Gasteiger partial charge in [0.2, 0.25) is 0 Å². The van der Waals surface area contributed by atoms with Gasteiger partial charge in [0.1, 0.15) is 0 Å². The number of rotatable bonds is 7. The summed E-state index contributed by atoms with van der Waals surface area (Å²) >= 11 is 5.82. The molecule has 0 amide bonds. The first-order valence-corrected chi connectivity index (χ1v) is 9.96. The van der Waals surface area contributed by atoms with Crippen LogP contribution in [0, 0.1) is 4.77 Å². The second kappa shape index (κ2) is 8.94. The topological polar surface area (TPSA) is 38.9 Å². The number of aromatic nitrogens is 4. The van der Waals surface area contributed by atoms with Gasteiger partial charge in [0.05, 0.1) is 13.2 Å². The van der Waals surface area contributed by atoms with Crippen LogP contribution in [0.1, 0.15) is 11.1 Å². The molecular weight excluding hydrogens is 378 g/mol. The Labute approximate surface area is 175 Å². The Bertz CT molecular complexity index is 1100. The molecule has 2 aromatic heterocycles. The maximum Gasteiger partial charge on any atom is 0.199 e. The molecule has 4 rings (SSSR count). The fourth-order valence-electron chi connectivity index (χ4n) is 3.33. The number of nitrogens with zero attached hydrogens (tertiary/aromatic N) is 5. The van der Waals surface area contributed by atoms with Gasteiger partial charge in [-0.3, -0.25) is 14.5 Å². The lowest BCUT2D eigenvalue weighted by molar-refractivity contribution is 0.244. The van der Waals surface area contributed by atoms with Crippen LogP contribution in [-0.4, -0.2) is 31.3 Å². The minimum Gasteiger partial charge on any atom is -0.295 e. The van der Waals surface area contributed by atoms with E-state index in [0.29, 0.717) is 18.0 Å². The third-order valence-corrected chi connectivity index (χ3v) is 5.15. The van der Waals surface area contributed by atoms with E-state index in [4.69, 9.17) is 17.3 Å². The van der Waals surface area contributed by atoms with Crippen LogP contribution in [0.5, 0.6) is 0 Å². The summed E-state index contributed by atoms with van der Waals surface area (Å²) in [7, 11) is 2.08. The lowest BCUT2D eigenvalue weighted by Gasteiger charge is -2.16. The van der Waals surface area contributed by atoms with Crippen LogP contribution < -0.4 is 0 Å². The molecule has 6 heteroatoms. The lowest BCUT2D eigenvalue weighted by Crippen LogP contribution is -2.22. The molecule has 0 radical (unpaired) electrons. The first-order chi connectivity index (χ1) is 14.2. The monoisotopic (exact) mass is 401 g/mol. The average molecular weight is 402 g/mol. The van der Waals surface area contributed by atoms with Crippen LogP contribution in [0.2, 0.25) is 0 Å². The van der Waals surface area contributed by atoms with Crippen molar-refractivity contribution in [3.63, 3.8) is 0 Å². The van der Waals surface area contributed by atoms with Crippen molar-refractivity contribution in [2.75, 3.05) is 7.05 Å². The molecule has 4 aromatic rings. The Kier molecular flexibility index (Phi) is 5.93. The van der Waals surface area contributed by atoms with Crippen LogP contribution >= 0.6 is 12.2 Å². The normalized spacial score (nSPS) is 11.1. The summed E-state index contributed by atoms with van der Waals surface area (Å²) in [5.41, 5.74) is 3.46. The fourth-order valence-corrected chi connectivity index (χ4v) is 3.58. The largest absolute Gasteiger partial charge is 0.295 e. The SMILES string of the molecule is CN(Cc1ccccc1)Cn1nc(-c2ccncc2)n(Cc2ccccc2)c1=S. The van der Waals surface area contributed by atoms with Crippen molar-refractivity contribution < 1.29 is 0 Å². The second-order valence-electron chi connectivity index (χ2n) is 7.05.